The molecule has 3 rings (SSSR count). The first-order valence-corrected chi connectivity index (χ1v) is 7.49. The van der Waals surface area contributed by atoms with Crippen molar-refractivity contribution in [1.82, 2.24) is 5.32 Å². The molecule has 2 saturated carbocycles. The fourth-order valence-electron chi connectivity index (χ4n) is 3.06. The Morgan fingerprint density at radius 2 is 2.00 bits per heavy atom. The summed E-state index contributed by atoms with van der Waals surface area (Å²) in [4.78, 5) is 1.93. The van der Waals surface area contributed by atoms with Crippen molar-refractivity contribution in [2.24, 2.45) is 5.92 Å². The average molecular weight is 278 g/mol. The fourth-order valence-corrected chi connectivity index (χ4v) is 3.06. The zero-order chi connectivity index (χ0) is 14.2. The molecule has 1 unspecified atom stereocenters. The fraction of sp³-hybridized carbons (Fsp3) is 0.625. The van der Waals surface area contributed by atoms with Gasteiger partial charge in [-0.15, -0.1) is 0 Å². The van der Waals surface area contributed by atoms with Gasteiger partial charge in [0, 0.05) is 19.6 Å². The molecule has 1 aromatic carbocycles. The molecular formula is C16H23FN2O. The molecule has 2 aliphatic carbocycles. The quantitative estimate of drug-likeness (QED) is 0.802. The molecule has 0 aromatic heterocycles. The minimum absolute atomic E-state index is 0.118. The maximum Gasteiger partial charge on any atom is 0.146 e. The summed E-state index contributed by atoms with van der Waals surface area (Å²) in [5.41, 5.74) is 0.321. The Morgan fingerprint density at radius 1 is 1.30 bits per heavy atom. The normalized spacial score (nSPS) is 21.6. The molecular weight excluding hydrogens is 255 g/mol. The minimum Gasteiger partial charge on any atom is -0.394 e. The Balaban J connectivity index is 1.76. The van der Waals surface area contributed by atoms with Gasteiger partial charge in [-0.05, 0) is 43.7 Å². The van der Waals surface area contributed by atoms with Gasteiger partial charge in [-0.2, -0.15) is 0 Å². The van der Waals surface area contributed by atoms with Gasteiger partial charge in [0.1, 0.15) is 5.82 Å². The molecule has 0 spiro atoms. The van der Waals surface area contributed by atoms with Crippen LogP contribution in [0, 0.1) is 11.7 Å². The molecule has 0 amide bonds. The van der Waals surface area contributed by atoms with E-state index in [4.69, 9.17) is 0 Å². The van der Waals surface area contributed by atoms with Crippen LogP contribution >= 0.6 is 0 Å². The van der Waals surface area contributed by atoms with Crippen LogP contribution in [0.25, 0.3) is 0 Å². The van der Waals surface area contributed by atoms with Crippen LogP contribution < -0.4 is 10.2 Å². The van der Waals surface area contributed by atoms with E-state index in [9.17, 15) is 9.50 Å². The van der Waals surface area contributed by atoms with Gasteiger partial charge in [0.2, 0.25) is 0 Å². The highest BCUT2D eigenvalue weighted by Gasteiger charge is 2.48. The summed E-state index contributed by atoms with van der Waals surface area (Å²) < 4.78 is 13.9. The molecule has 1 aromatic rings. The van der Waals surface area contributed by atoms with E-state index in [0.29, 0.717) is 24.2 Å². The van der Waals surface area contributed by atoms with Gasteiger partial charge in [0.25, 0.3) is 0 Å². The SMILES string of the molecule is CN(CC(CO)(NC1CC1)C1CC1)c1ccccc1F. The maximum absolute atomic E-state index is 13.9. The van der Waals surface area contributed by atoms with Crippen LogP contribution in [0.2, 0.25) is 0 Å². The van der Waals surface area contributed by atoms with Crippen molar-refractivity contribution in [3.63, 3.8) is 0 Å². The minimum atomic E-state index is -0.280. The number of hydrogen-bond donors (Lipinski definition) is 2. The Bertz CT molecular complexity index is 473. The smallest absolute Gasteiger partial charge is 0.146 e. The van der Waals surface area contributed by atoms with Crippen molar-refractivity contribution >= 4 is 5.69 Å². The summed E-state index contributed by atoms with van der Waals surface area (Å²) >= 11 is 0. The molecule has 2 fully saturated rings. The summed E-state index contributed by atoms with van der Waals surface area (Å²) in [6, 6.07) is 7.37. The molecule has 0 radical (unpaired) electrons. The van der Waals surface area contributed by atoms with Crippen LogP contribution in [0.5, 0.6) is 0 Å². The lowest BCUT2D eigenvalue weighted by molar-refractivity contribution is 0.142. The van der Waals surface area contributed by atoms with E-state index in [1.54, 1.807) is 12.1 Å². The molecule has 20 heavy (non-hydrogen) atoms. The van der Waals surface area contributed by atoms with Gasteiger partial charge in [-0.25, -0.2) is 4.39 Å². The Labute approximate surface area is 119 Å². The van der Waals surface area contributed by atoms with Crippen molar-refractivity contribution < 1.29 is 9.50 Å². The summed E-state index contributed by atoms with van der Waals surface area (Å²) in [7, 11) is 1.90. The number of rotatable bonds is 7. The van der Waals surface area contributed by atoms with Crippen molar-refractivity contribution in [2.45, 2.75) is 37.3 Å². The third-order valence-electron chi connectivity index (χ3n) is 4.49. The van der Waals surface area contributed by atoms with Crippen molar-refractivity contribution in [1.29, 1.82) is 0 Å². The Kier molecular flexibility index (Phi) is 3.69. The number of anilines is 1. The van der Waals surface area contributed by atoms with Crippen molar-refractivity contribution in [3.8, 4) is 0 Å². The molecule has 0 aliphatic heterocycles. The zero-order valence-corrected chi connectivity index (χ0v) is 12.0. The van der Waals surface area contributed by atoms with Gasteiger partial charge in [-0.1, -0.05) is 12.1 Å². The van der Waals surface area contributed by atoms with E-state index >= 15 is 0 Å². The van der Waals surface area contributed by atoms with E-state index in [1.807, 2.05) is 18.0 Å². The number of halogens is 1. The molecule has 4 heteroatoms. The largest absolute Gasteiger partial charge is 0.394 e. The summed E-state index contributed by atoms with van der Waals surface area (Å²) in [6.45, 7) is 0.762. The number of para-hydroxylation sites is 1. The molecule has 0 heterocycles. The first-order chi connectivity index (χ1) is 9.64. The number of aliphatic hydroxyl groups excluding tert-OH is 1. The number of nitrogens with one attached hydrogen (secondary N) is 1. The molecule has 3 nitrogen and oxygen atoms in total. The molecule has 0 bridgehead atoms. The third-order valence-corrected chi connectivity index (χ3v) is 4.49. The van der Waals surface area contributed by atoms with Gasteiger partial charge in [-0.3, -0.25) is 0 Å². The summed E-state index contributed by atoms with van der Waals surface area (Å²) in [5.74, 6) is 0.311. The average Bonchev–Trinajstić information content (AvgIpc) is 3.30. The first-order valence-electron chi connectivity index (χ1n) is 7.49. The van der Waals surface area contributed by atoms with Crippen LogP contribution in [0.1, 0.15) is 25.7 Å². The van der Waals surface area contributed by atoms with E-state index in [-0.39, 0.29) is 18.0 Å². The highest BCUT2D eigenvalue weighted by molar-refractivity contribution is 5.47. The van der Waals surface area contributed by atoms with E-state index in [1.165, 1.54) is 18.9 Å². The number of likely N-dealkylation sites (N-methyl/N-ethyl adjacent to an activating group) is 1. The second-order valence-electron chi connectivity index (χ2n) is 6.31. The Hall–Kier alpha value is -1.13. The predicted molar refractivity (Wildman–Crippen MR) is 78.4 cm³/mol. The zero-order valence-electron chi connectivity index (χ0n) is 12.0. The second kappa shape index (κ2) is 5.34. The third kappa shape index (κ3) is 2.81. The number of nitrogens with zero attached hydrogens (tertiary/aromatic N) is 1. The van der Waals surface area contributed by atoms with Crippen molar-refractivity contribution in [2.75, 3.05) is 25.1 Å². The topological polar surface area (TPSA) is 35.5 Å². The van der Waals surface area contributed by atoms with E-state index in [0.717, 1.165) is 12.8 Å². The molecule has 2 aliphatic rings. The Morgan fingerprint density at radius 3 is 2.55 bits per heavy atom. The second-order valence-corrected chi connectivity index (χ2v) is 6.31. The standard InChI is InChI=1S/C16H23FN2O/c1-19(15-5-3-2-4-14(15)17)10-16(11-20,12-6-7-12)18-13-8-9-13/h2-5,12-13,18,20H,6-11H2,1H3. The lowest BCUT2D eigenvalue weighted by atomic mass is 9.92. The van der Waals surface area contributed by atoms with Gasteiger partial charge in [0.15, 0.2) is 0 Å². The van der Waals surface area contributed by atoms with Crippen LogP contribution in [-0.2, 0) is 0 Å². The lowest BCUT2D eigenvalue weighted by Crippen LogP contribution is -2.58. The van der Waals surface area contributed by atoms with Crippen LogP contribution in [0.3, 0.4) is 0 Å². The van der Waals surface area contributed by atoms with Crippen LogP contribution in [0.15, 0.2) is 24.3 Å². The highest BCUT2D eigenvalue weighted by Crippen LogP contribution is 2.42. The van der Waals surface area contributed by atoms with Crippen molar-refractivity contribution in [3.05, 3.63) is 30.1 Å². The first kappa shape index (κ1) is 13.8. The van der Waals surface area contributed by atoms with Crippen LogP contribution in [-0.4, -0.2) is 36.9 Å². The molecule has 2 N–H and O–H groups in total. The molecule has 1 atom stereocenters. The maximum atomic E-state index is 13.9. The highest BCUT2D eigenvalue weighted by atomic mass is 19.1. The lowest BCUT2D eigenvalue weighted by Gasteiger charge is -2.38. The molecule has 0 saturated heterocycles. The molecule has 110 valence electrons. The van der Waals surface area contributed by atoms with Gasteiger partial charge < -0.3 is 15.3 Å². The van der Waals surface area contributed by atoms with Gasteiger partial charge in [0.05, 0.1) is 17.8 Å². The predicted octanol–water partition coefficient (Wildman–Crippen LogP) is 2.15. The number of hydrogen-bond acceptors (Lipinski definition) is 3. The summed E-state index contributed by atoms with van der Waals surface area (Å²) in [5, 5.41) is 13.6. The number of aliphatic hydroxyl groups is 1. The van der Waals surface area contributed by atoms with E-state index in [2.05, 4.69) is 5.32 Å². The van der Waals surface area contributed by atoms with Crippen LogP contribution in [0.4, 0.5) is 10.1 Å². The monoisotopic (exact) mass is 278 g/mol. The van der Waals surface area contributed by atoms with Gasteiger partial charge >= 0.3 is 0 Å². The summed E-state index contributed by atoms with van der Waals surface area (Å²) in [6.07, 6.45) is 4.70. The van der Waals surface area contributed by atoms with E-state index < -0.39 is 0 Å². The number of benzene rings is 1.